The van der Waals surface area contributed by atoms with E-state index in [1.807, 2.05) is 36.4 Å². The van der Waals surface area contributed by atoms with E-state index in [1.54, 1.807) is 7.11 Å². The minimum atomic E-state index is -0.311. The lowest BCUT2D eigenvalue weighted by atomic mass is 9.95. The van der Waals surface area contributed by atoms with E-state index in [-0.39, 0.29) is 12.3 Å². The molecule has 2 atom stereocenters. The molecule has 2 heterocycles. The van der Waals surface area contributed by atoms with Crippen molar-refractivity contribution in [1.82, 2.24) is 5.01 Å². The van der Waals surface area contributed by atoms with E-state index in [1.165, 1.54) is 5.56 Å². The highest BCUT2D eigenvalue weighted by Crippen LogP contribution is 2.50. The highest BCUT2D eigenvalue weighted by Gasteiger charge is 2.42. The summed E-state index contributed by atoms with van der Waals surface area (Å²) in [5.74, 6) is 1.55. The zero-order valence-electron chi connectivity index (χ0n) is 16.3. The Morgan fingerprint density at radius 1 is 1.03 bits per heavy atom. The molecule has 29 heavy (non-hydrogen) atoms. The van der Waals surface area contributed by atoms with Gasteiger partial charge in [-0.15, -0.1) is 0 Å². The molecule has 0 saturated heterocycles. The average molecular weight is 405 g/mol. The third-order valence-corrected chi connectivity index (χ3v) is 5.79. The van der Waals surface area contributed by atoms with Crippen LogP contribution in [0, 0.1) is 6.92 Å². The molecule has 3 aromatic rings. The zero-order chi connectivity index (χ0) is 20.0. The Bertz CT molecular complexity index is 1080. The molecule has 0 N–H and O–H groups in total. The van der Waals surface area contributed by atoms with Crippen LogP contribution in [0.4, 0.5) is 0 Å². The molecule has 0 saturated carbocycles. The molecule has 0 aliphatic carbocycles. The first-order valence-corrected chi connectivity index (χ1v) is 10.0. The molecular weight excluding hydrogens is 384 g/mol. The monoisotopic (exact) mass is 404 g/mol. The number of nitrogens with zero attached hydrogens (tertiary/aromatic N) is 2. The number of benzene rings is 3. The number of hydrogen-bond donors (Lipinski definition) is 0. The number of fused-ring (bicyclic) bond motifs is 3. The molecule has 2 aliphatic rings. The Morgan fingerprint density at radius 3 is 2.52 bits per heavy atom. The second kappa shape index (κ2) is 7.12. The molecule has 0 spiro atoms. The number of aryl methyl sites for hydroxylation is 1. The summed E-state index contributed by atoms with van der Waals surface area (Å²) >= 11 is 6.07. The Morgan fingerprint density at radius 2 is 1.79 bits per heavy atom. The molecule has 0 amide bonds. The molecule has 0 aromatic heterocycles. The summed E-state index contributed by atoms with van der Waals surface area (Å²) in [7, 11) is 1.68. The predicted molar refractivity (Wildman–Crippen MR) is 115 cm³/mol. The first kappa shape index (κ1) is 18.1. The quantitative estimate of drug-likeness (QED) is 0.545. The molecule has 3 aromatic carbocycles. The van der Waals surface area contributed by atoms with E-state index in [9.17, 15) is 0 Å². The lowest BCUT2D eigenvalue weighted by molar-refractivity contribution is -0.0209. The van der Waals surface area contributed by atoms with Crippen LogP contribution >= 0.6 is 11.6 Å². The number of rotatable bonds is 3. The van der Waals surface area contributed by atoms with E-state index in [0.717, 1.165) is 45.3 Å². The third kappa shape index (κ3) is 3.14. The maximum atomic E-state index is 6.47. The maximum Gasteiger partial charge on any atom is 0.214 e. The molecule has 2 aliphatic heterocycles. The predicted octanol–water partition coefficient (Wildman–Crippen LogP) is 5.90. The lowest BCUT2D eigenvalue weighted by Gasteiger charge is -2.38. The summed E-state index contributed by atoms with van der Waals surface area (Å²) in [6.45, 7) is 2.08. The number of halogens is 1. The van der Waals surface area contributed by atoms with E-state index in [2.05, 4.69) is 42.3 Å². The van der Waals surface area contributed by atoms with Crippen LogP contribution in [0.3, 0.4) is 0 Å². The summed E-state index contributed by atoms with van der Waals surface area (Å²) in [5.41, 5.74) is 5.49. The van der Waals surface area contributed by atoms with Crippen LogP contribution in [0.25, 0.3) is 0 Å². The number of hydrogen-bond acceptors (Lipinski definition) is 4. The third-order valence-electron chi connectivity index (χ3n) is 5.54. The van der Waals surface area contributed by atoms with Gasteiger partial charge in [0, 0.05) is 22.6 Å². The summed E-state index contributed by atoms with van der Waals surface area (Å²) in [6, 6.07) is 22.4. The second-order valence-corrected chi connectivity index (χ2v) is 7.85. The van der Waals surface area contributed by atoms with Crippen molar-refractivity contribution in [3.8, 4) is 11.5 Å². The first-order valence-electron chi connectivity index (χ1n) is 9.66. The van der Waals surface area contributed by atoms with Crippen molar-refractivity contribution in [2.45, 2.75) is 25.6 Å². The minimum absolute atomic E-state index is 0.0887. The Kier molecular flexibility index (Phi) is 4.44. The van der Waals surface area contributed by atoms with Crippen LogP contribution in [-0.4, -0.2) is 17.8 Å². The Hall–Kier alpha value is -2.98. The fourth-order valence-corrected chi connectivity index (χ4v) is 4.14. The fraction of sp³-hybridized carbons (Fsp3) is 0.208. The number of methoxy groups -OCH3 is 1. The van der Waals surface area contributed by atoms with Crippen LogP contribution in [-0.2, 0) is 0 Å². The van der Waals surface area contributed by atoms with Crippen molar-refractivity contribution in [2.24, 2.45) is 5.10 Å². The van der Waals surface area contributed by atoms with Gasteiger partial charge >= 0.3 is 0 Å². The summed E-state index contributed by atoms with van der Waals surface area (Å²) in [4.78, 5) is 0. The van der Waals surface area contributed by atoms with Crippen LogP contribution in [0.5, 0.6) is 11.5 Å². The van der Waals surface area contributed by atoms with Crippen molar-refractivity contribution < 1.29 is 9.47 Å². The van der Waals surface area contributed by atoms with Gasteiger partial charge in [-0.05, 0) is 30.7 Å². The van der Waals surface area contributed by atoms with Gasteiger partial charge in [-0.25, -0.2) is 5.01 Å². The van der Waals surface area contributed by atoms with E-state index < -0.39 is 0 Å². The van der Waals surface area contributed by atoms with Crippen molar-refractivity contribution >= 4 is 17.3 Å². The molecule has 0 radical (unpaired) electrons. The number of ether oxygens (including phenoxy) is 2. The lowest BCUT2D eigenvalue weighted by Crippen LogP contribution is -2.33. The highest BCUT2D eigenvalue weighted by atomic mass is 35.5. The molecule has 5 heteroatoms. The second-order valence-electron chi connectivity index (χ2n) is 7.41. The molecule has 0 bridgehead atoms. The van der Waals surface area contributed by atoms with Crippen LogP contribution in [0.1, 0.15) is 40.9 Å². The molecule has 4 nitrogen and oxygen atoms in total. The van der Waals surface area contributed by atoms with Gasteiger partial charge in [-0.3, -0.25) is 0 Å². The van der Waals surface area contributed by atoms with Gasteiger partial charge in [0.1, 0.15) is 0 Å². The highest BCUT2D eigenvalue weighted by molar-refractivity contribution is 6.30. The summed E-state index contributed by atoms with van der Waals surface area (Å²) < 4.78 is 12.1. The van der Waals surface area contributed by atoms with E-state index in [4.69, 9.17) is 26.2 Å². The maximum absolute atomic E-state index is 6.47. The molecule has 5 rings (SSSR count). The Balaban J connectivity index is 1.61. The van der Waals surface area contributed by atoms with Gasteiger partial charge in [0.2, 0.25) is 6.23 Å². The number of hydrazone groups is 1. The first-order chi connectivity index (χ1) is 14.1. The number of para-hydroxylation sites is 1. The van der Waals surface area contributed by atoms with Crippen LogP contribution in [0.2, 0.25) is 5.02 Å². The summed E-state index contributed by atoms with van der Waals surface area (Å²) in [6.07, 6.45) is 0.488. The minimum Gasteiger partial charge on any atom is -0.493 e. The topological polar surface area (TPSA) is 34.1 Å². The molecule has 146 valence electrons. The van der Waals surface area contributed by atoms with Crippen molar-refractivity contribution in [1.29, 1.82) is 0 Å². The van der Waals surface area contributed by atoms with Gasteiger partial charge in [-0.2, -0.15) is 5.10 Å². The standard InChI is InChI=1S/C24H21ClN2O2/c1-15-6-8-17(9-7-15)24-27-21(19-4-3-5-22(28-2)23(19)29-24)14-20(26-27)16-10-12-18(25)13-11-16/h3-13,21,24H,14H2,1-2H3/t21-,24-/m1/s1. The largest absolute Gasteiger partial charge is 0.493 e. The summed E-state index contributed by atoms with van der Waals surface area (Å²) in [5, 5.41) is 7.79. The SMILES string of the molecule is COc1cccc2c1O[C@H](c1ccc(C)cc1)N1N=C(c3ccc(Cl)cc3)C[C@H]21. The van der Waals surface area contributed by atoms with Gasteiger partial charge in [0.05, 0.1) is 18.9 Å². The molecule has 0 fully saturated rings. The van der Waals surface area contributed by atoms with Gasteiger partial charge < -0.3 is 9.47 Å². The Labute approximate surface area is 175 Å². The smallest absolute Gasteiger partial charge is 0.214 e. The van der Waals surface area contributed by atoms with Crippen LogP contribution in [0.15, 0.2) is 71.8 Å². The van der Waals surface area contributed by atoms with Crippen molar-refractivity contribution in [2.75, 3.05) is 7.11 Å². The molecular formula is C24H21ClN2O2. The zero-order valence-corrected chi connectivity index (χ0v) is 17.1. The van der Waals surface area contributed by atoms with E-state index >= 15 is 0 Å². The van der Waals surface area contributed by atoms with Gasteiger partial charge in [0.25, 0.3) is 0 Å². The fourth-order valence-electron chi connectivity index (χ4n) is 4.01. The normalized spacial score (nSPS) is 19.8. The molecule has 0 unspecified atom stereocenters. The van der Waals surface area contributed by atoms with Crippen molar-refractivity contribution in [3.63, 3.8) is 0 Å². The van der Waals surface area contributed by atoms with Gasteiger partial charge in [-0.1, -0.05) is 65.7 Å². The van der Waals surface area contributed by atoms with Gasteiger partial charge in [0.15, 0.2) is 11.5 Å². The van der Waals surface area contributed by atoms with Crippen molar-refractivity contribution in [3.05, 3.63) is 94.0 Å². The van der Waals surface area contributed by atoms with E-state index in [0.29, 0.717) is 0 Å². The van der Waals surface area contributed by atoms with Crippen LogP contribution < -0.4 is 9.47 Å². The average Bonchev–Trinajstić information content (AvgIpc) is 3.19.